The molecule has 1 atom stereocenters. The van der Waals surface area contributed by atoms with Gasteiger partial charge >= 0.3 is 0 Å². The fraction of sp³-hybridized carbons (Fsp3) is 0.529. The summed E-state index contributed by atoms with van der Waals surface area (Å²) in [6.45, 7) is 6.34. The zero-order chi connectivity index (χ0) is 15.5. The maximum absolute atomic E-state index is 12.1. The lowest BCUT2D eigenvalue weighted by molar-refractivity contribution is -0.116. The molecule has 2 heterocycles. The molecule has 5 heteroatoms. The zero-order valence-corrected chi connectivity index (χ0v) is 13.3. The number of nitrogens with one attached hydrogen (secondary N) is 2. The topological polar surface area (TPSA) is 59.0 Å². The maximum atomic E-state index is 12.1. The summed E-state index contributed by atoms with van der Waals surface area (Å²) in [6.07, 6.45) is 4.61. The van der Waals surface area contributed by atoms with Gasteiger partial charge in [0.15, 0.2) is 0 Å². The summed E-state index contributed by atoms with van der Waals surface area (Å²) in [5.74, 6) is 0.748. The predicted octanol–water partition coefficient (Wildman–Crippen LogP) is 2.95. The average molecular weight is 300 g/mol. The van der Waals surface area contributed by atoms with Gasteiger partial charge in [0, 0.05) is 23.5 Å². The third-order valence-corrected chi connectivity index (χ3v) is 4.31. The number of hydrogen-bond acceptors (Lipinski definition) is 3. The second-order valence-corrected chi connectivity index (χ2v) is 6.40. The van der Waals surface area contributed by atoms with Crippen molar-refractivity contribution in [1.29, 1.82) is 0 Å². The van der Waals surface area contributed by atoms with E-state index in [9.17, 15) is 4.79 Å². The molecule has 0 radical (unpaired) electrons. The molecule has 22 heavy (non-hydrogen) atoms. The molecular weight excluding hydrogens is 276 g/mol. The molecule has 1 fully saturated rings. The number of fused-ring (bicyclic) bond motifs is 1. The number of amides is 1. The van der Waals surface area contributed by atoms with Gasteiger partial charge < -0.3 is 10.6 Å². The van der Waals surface area contributed by atoms with E-state index in [4.69, 9.17) is 0 Å². The number of aromatic nitrogens is 2. The molecule has 1 amide bonds. The van der Waals surface area contributed by atoms with Crippen LogP contribution in [0.15, 0.2) is 24.4 Å². The Morgan fingerprint density at radius 1 is 1.50 bits per heavy atom. The van der Waals surface area contributed by atoms with Crippen LogP contribution in [0.25, 0.3) is 10.9 Å². The number of rotatable bonds is 5. The van der Waals surface area contributed by atoms with Gasteiger partial charge in [-0.05, 0) is 63.9 Å². The maximum Gasteiger partial charge on any atom is 0.224 e. The van der Waals surface area contributed by atoms with Gasteiger partial charge in [0.25, 0.3) is 0 Å². The Hall–Kier alpha value is -1.88. The lowest BCUT2D eigenvalue weighted by atomic mass is 10.0. The lowest BCUT2D eigenvalue weighted by Crippen LogP contribution is -2.15. The minimum atomic E-state index is 0.0989. The van der Waals surface area contributed by atoms with Crippen LogP contribution in [0, 0.1) is 5.92 Å². The van der Waals surface area contributed by atoms with Gasteiger partial charge in [0.05, 0.1) is 11.7 Å². The second kappa shape index (κ2) is 6.48. The van der Waals surface area contributed by atoms with Gasteiger partial charge in [-0.2, -0.15) is 5.10 Å². The third kappa shape index (κ3) is 3.30. The molecule has 1 aliphatic rings. The molecule has 2 aromatic rings. The summed E-state index contributed by atoms with van der Waals surface area (Å²) in [5, 5.41) is 11.9. The van der Waals surface area contributed by atoms with E-state index in [0.29, 0.717) is 18.4 Å². The SMILES string of the molecule is CC(C)n1ncc2ccc(NC(=O)CCC3CCNC3)cc21. The highest BCUT2D eigenvalue weighted by atomic mass is 16.1. The molecule has 5 nitrogen and oxygen atoms in total. The van der Waals surface area contributed by atoms with Crippen LogP contribution < -0.4 is 10.6 Å². The Kier molecular flexibility index (Phi) is 4.43. The predicted molar refractivity (Wildman–Crippen MR) is 89.0 cm³/mol. The van der Waals surface area contributed by atoms with Crippen LogP contribution in [0.3, 0.4) is 0 Å². The van der Waals surface area contributed by atoms with E-state index in [1.807, 2.05) is 29.1 Å². The number of carbonyl (C=O) groups is 1. The Bertz CT molecular complexity index is 656. The molecule has 118 valence electrons. The average Bonchev–Trinajstić information content (AvgIpc) is 3.14. The van der Waals surface area contributed by atoms with Crippen molar-refractivity contribution in [1.82, 2.24) is 15.1 Å². The Morgan fingerprint density at radius 3 is 3.09 bits per heavy atom. The molecule has 1 aromatic heterocycles. The highest BCUT2D eigenvalue weighted by Crippen LogP contribution is 2.22. The van der Waals surface area contributed by atoms with Gasteiger partial charge in [0.2, 0.25) is 5.91 Å². The number of nitrogens with zero attached hydrogens (tertiary/aromatic N) is 2. The molecule has 1 aromatic carbocycles. The molecule has 0 saturated carbocycles. The van der Waals surface area contributed by atoms with Crippen molar-refractivity contribution < 1.29 is 4.79 Å². The van der Waals surface area contributed by atoms with Crippen LogP contribution in [0.2, 0.25) is 0 Å². The van der Waals surface area contributed by atoms with E-state index in [-0.39, 0.29) is 5.91 Å². The quantitative estimate of drug-likeness (QED) is 0.892. The summed E-state index contributed by atoms with van der Waals surface area (Å²) < 4.78 is 1.98. The van der Waals surface area contributed by atoms with Crippen LogP contribution in [0.5, 0.6) is 0 Å². The van der Waals surface area contributed by atoms with Crippen molar-refractivity contribution in [2.45, 2.75) is 39.2 Å². The lowest BCUT2D eigenvalue weighted by Gasteiger charge is -2.10. The van der Waals surface area contributed by atoms with Crippen LogP contribution in [0.1, 0.15) is 39.2 Å². The highest BCUT2D eigenvalue weighted by Gasteiger charge is 2.16. The molecule has 1 aliphatic heterocycles. The largest absolute Gasteiger partial charge is 0.326 e. The molecule has 0 aliphatic carbocycles. The molecular formula is C17H24N4O. The summed E-state index contributed by atoms with van der Waals surface area (Å²) in [7, 11) is 0. The Labute approximate surface area is 131 Å². The molecule has 3 rings (SSSR count). The summed E-state index contributed by atoms with van der Waals surface area (Å²) in [4.78, 5) is 12.1. The van der Waals surface area contributed by atoms with Gasteiger partial charge in [-0.1, -0.05) is 0 Å². The van der Waals surface area contributed by atoms with Crippen LogP contribution in [-0.2, 0) is 4.79 Å². The summed E-state index contributed by atoms with van der Waals surface area (Å²) in [5.41, 5.74) is 1.91. The Morgan fingerprint density at radius 2 is 2.36 bits per heavy atom. The molecule has 0 bridgehead atoms. The minimum absolute atomic E-state index is 0.0989. The molecule has 0 spiro atoms. The number of carbonyl (C=O) groups excluding carboxylic acids is 1. The van der Waals surface area contributed by atoms with Gasteiger partial charge in [-0.25, -0.2) is 0 Å². The summed E-state index contributed by atoms with van der Waals surface area (Å²) >= 11 is 0. The minimum Gasteiger partial charge on any atom is -0.326 e. The fourth-order valence-corrected chi connectivity index (χ4v) is 3.05. The third-order valence-electron chi connectivity index (χ3n) is 4.31. The van der Waals surface area contributed by atoms with Crippen LogP contribution >= 0.6 is 0 Å². The van der Waals surface area contributed by atoms with Crippen LogP contribution in [-0.4, -0.2) is 28.8 Å². The van der Waals surface area contributed by atoms with Crippen molar-refractivity contribution in [3.8, 4) is 0 Å². The van der Waals surface area contributed by atoms with E-state index in [1.54, 1.807) is 0 Å². The highest BCUT2D eigenvalue weighted by molar-refractivity contribution is 5.93. The van der Waals surface area contributed by atoms with E-state index in [2.05, 4.69) is 29.6 Å². The van der Waals surface area contributed by atoms with Gasteiger partial charge in [-0.3, -0.25) is 9.48 Å². The molecule has 2 N–H and O–H groups in total. The first-order valence-corrected chi connectivity index (χ1v) is 8.11. The van der Waals surface area contributed by atoms with Crippen molar-refractivity contribution in [3.05, 3.63) is 24.4 Å². The van der Waals surface area contributed by atoms with Gasteiger partial charge in [0.1, 0.15) is 0 Å². The van der Waals surface area contributed by atoms with E-state index in [0.717, 1.165) is 36.1 Å². The van der Waals surface area contributed by atoms with Crippen LogP contribution in [0.4, 0.5) is 5.69 Å². The van der Waals surface area contributed by atoms with Crippen molar-refractivity contribution in [2.24, 2.45) is 5.92 Å². The first kappa shape index (κ1) is 15.0. The van der Waals surface area contributed by atoms with Crippen molar-refractivity contribution >= 4 is 22.5 Å². The smallest absolute Gasteiger partial charge is 0.224 e. The van der Waals surface area contributed by atoms with Crippen molar-refractivity contribution in [2.75, 3.05) is 18.4 Å². The number of anilines is 1. The molecule has 1 saturated heterocycles. The standard InChI is InChI=1S/C17H24N4O/c1-12(2)21-16-9-15(5-4-14(16)11-19-21)20-17(22)6-3-13-7-8-18-10-13/h4-5,9,11-13,18H,3,6-8,10H2,1-2H3,(H,20,22). The molecule has 1 unspecified atom stereocenters. The fourth-order valence-electron chi connectivity index (χ4n) is 3.05. The van der Waals surface area contributed by atoms with Gasteiger partial charge in [-0.15, -0.1) is 0 Å². The first-order valence-electron chi connectivity index (χ1n) is 8.11. The zero-order valence-electron chi connectivity index (χ0n) is 13.3. The summed E-state index contributed by atoms with van der Waals surface area (Å²) in [6, 6.07) is 6.28. The Balaban J connectivity index is 1.65. The normalized spacial score (nSPS) is 18.2. The number of benzene rings is 1. The van der Waals surface area contributed by atoms with E-state index >= 15 is 0 Å². The van der Waals surface area contributed by atoms with E-state index < -0.39 is 0 Å². The monoisotopic (exact) mass is 300 g/mol. The van der Waals surface area contributed by atoms with Crippen molar-refractivity contribution in [3.63, 3.8) is 0 Å². The van der Waals surface area contributed by atoms with E-state index in [1.165, 1.54) is 6.42 Å². The second-order valence-electron chi connectivity index (χ2n) is 6.40. The number of hydrogen-bond donors (Lipinski definition) is 2. The first-order chi connectivity index (χ1) is 10.6.